The maximum atomic E-state index is 14.6. The van der Waals surface area contributed by atoms with Crippen LogP contribution < -0.4 is 26.0 Å². The SMILES string of the molecule is COc1ccc(-c2cnc(C(=O)Nc3ccc(C(=O)NC4CC(NC(=O)[C@H]5CCNC[C@H]5O)C4)c(Cl)c3)n2C)c(F)c1F. The first-order chi connectivity index (χ1) is 20.6. The summed E-state index contributed by atoms with van der Waals surface area (Å²) in [5.74, 6) is -4.22. The van der Waals surface area contributed by atoms with Crippen LogP contribution in [0.5, 0.6) is 5.75 Å². The predicted molar refractivity (Wildman–Crippen MR) is 154 cm³/mol. The van der Waals surface area contributed by atoms with E-state index >= 15 is 0 Å². The Kier molecular flexibility index (Phi) is 8.95. The van der Waals surface area contributed by atoms with E-state index in [9.17, 15) is 28.3 Å². The molecular weight excluding hydrogens is 586 g/mol. The number of amides is 3. The minimum Gasteiger partial charge on any atom is -0.494 e. The van der Waals surface area contributed by atoms with Crippen LogP contribution in [0, 0.1) is 17.6 Å². The van der Waals surface area contributed by atoms with E-state index in [1.165, 1.54) is 55.3 Å². The summed E-state index contributed by atoms with van der Waals surface area (Å²) in [5, 5.41) is 21.7. The van der Waals surface area contributed by atoms with E-state index in [1.807, 2.05) is 0 Å². The number of benzene rings is 2. The van der Waals surface area contributed by atoms with Gasteiger partial charge in [0.1, 0.15) is 0 Å². The van der Waals surface area contributed by atoms with Crippen LogP contribution in [0.4, 0.5) is 14.5 Å². The van der Waals surface area contributed by atoms with Gasteiger partial charge in [0, 0.05) is 36.9 Å². The van der Waals surface area contributed by atoms with Gasteiger partial charge in [-0.15, -0.1) is 0 Å². The molecule has 2 aliphatic rings. The van der Waals surface area contributed by atoms with Gasteiger partial charge in [0.15, 0.2) is 17.4 Å². The van der Waals surface area contributed by atoms with Crippen LogP contribution in [-0.2, 0) is 11.8 Å². The number of hydrogen-bond acceptors (Lipinski definition) is 7. The monoisotopic (exact) mass is 616 g/mol. The summed E-state index contributed by atoms with van der Waals surface area (Å²) in [7, 11) is 2.72. The summed E-state index contributed by atoms with van der Waals surface area (Å²) in [6.07, 6.45) is 2.23. The topological polar surface area (TPSA) is 147 Å². The number of imidazole rings is 1. The number of rotatable bonds is 8. The molecule has 2 aromatic carbocycles. The minimum absolute atomic E-state index is 0.0649. The van der Waals surface area contributed by atoms with Gasteiger partial charge in [-0.3, -0.25) is 14.4 Å². The van der Waals surface area contributed by atoms with Crippen molar-refractivity contribution in [1.82, 2.24) is 25.5 Å². The second-order valence-corrected chi connectivity index (χ2v) is 11.0. The molecule has 228 valence electrons. The molecule has 5 N–H and O–H groups in total. The standard InChI is InChI=1S/C29H31ClF2N6O5/c1-38-21(18-5-6-23(43-2)25(32)24(18)31)12-34-26(38)29(42)35-14-3-4-17(20(30)11-14)27(40)36-15-9-16(10-15)37-28(41)19-7-8-33-13-22(19)39/h3-6,11-12,15-16,19,22,33,39H,7-10,13H2,1-2H3,(H,35,42)(H,36,40)(H,37,41)/t15?,16?,19-,22+/m0/s1. The largest absolute Gasteiger partial charge is 0.494 e. The highest BCUT2D eigenvalue weighted by Crippen LogP contribution is 2.30. The fourth-order valence-corrected chi connectivity index (χ4v) is 5.56. The molecule has 2 fully saturated rings. The second kappa shape index (κ2) is 12.7. The lowest BCUT2D eigenvalue weighted by Crippen LogP contribution is -2.56. The van der Waals surface area contributed by atoms with E-state index in [0.29, 0.717) is 38.0 Å². The van der Waals surface area contributed by atoms with Gasteiger partial charge >= 0.3 is 0 Å². The van der Waals surface area contributed by atoms with Crippen molar-refractivity contribution in [2.75, 3.05) is 25.5 Å². The summed E-state index contributed by atoms with van der Waals surface area (Å²) >= 11 is 6.36. The molecule has 43 heavy (non-hydrogen) atoms. The second-order valence-electron chi connectivity index (χ2n) is 10.6. The normalized spacial score (nSPS) is 21.4. The molecule has 0 spiro atoms. The van der Waals surface area contributed by atoms with Gasteiger partial charge in [-0.2, -0.15) is 4.39 Å². The molecule has 3 amide bonds. The van der Waals surface area contributed by atoms with E-state index < -0.39 is 35.5 Å². The van der Waals surface area contributed by atoms with Crippen LogP contribution in [0.2, 0.25) is 5.02 Å². The molecular formula is C29H31ClF2N6O5. The zero-order valence-electron chi connectivity index (χ0n) is 23.4. The molecule has 1 saturated heterocycles. The highest BCUT2D eigenvalue weighted by Gasteiger charge is 2.36. The van der Waals surface area contributed by atoms with Crippen LogP contribution in [0.1, 0.15) is 40.2 Å². The number of carbonyl (C=O) groups is 3. The molecule has 0 unspecified atom stereocenters. The Morgan fingerprint density at radius 2 is 1.84 bits per heavy atom. The Hall–Kier alpha value is -4.07. The van der Waals surface area contributed by atoms with Crippen LogP contribution >= 0.6 is 11.6 Å². The average molecular weight is 617 g/mol. The number of nitrogens with one attached hydrogen (secondary N) is 4. The van der Waals surface area contributed by atoms with E-state index in [4.69, 9.17) is 16.3 Å². The molecule has 1 aliphatic carbocycles. The van der Waals surface area contributed by atoms with Crippen molar-refractivity contribution in [3.63, 3.8) is 0 Å². The van der Waals surface area contributed by atoms with Gasteiger partial charge in [-0.1, -0.05) is 11.6 Å². The van der Waals surface area contributed by atoms with Crippen molar-refractivity contribution in [3.05, 3.63) is 64.6 Å². The minimum atomic E-state index is -1.15. The first kappa shape index (κ1) is 30.4. The van der Waals surface area contributed by atoms with Gasteiger partial charge in [0.25, 0.3) is 11.8 Å². The van der Waals surface area contributed by atoms with E-state index in [-0.39, 0.29) is 51.4 Å². The summed E-state index contributed by atoms with van der Waals surface area (Å²) in [5.41, 5.74) is 0.591. The first-order valence-corrected chi connectivity index (χ1v) is 14.1. The summed E-state index contributed by atoms with van der Waals surface area (Å²) < 4.78 is 34.9. The molecule has 0 radical (unpaired) electrons. The number of aliphatic hydroxyl groups is 1. The van der Waals surface area contributed by atoms with Crippen molar-refractivity contribution in [3.8, 4) is 17.0 Å². The number of hydrogen-bond donors (Lipinski definition) is 5. The number of methoxy groups -OCH3 is 1. The number of aromatic nitrogens is 2. The van der Waals surface area contributed by atoms with Crippen molar-refractivity contribution in [1.29, 1.82) is 0 Å². The third-order valence-corrected chi connectivity index (χ3v) is 8.12. The quantitative estimate of drug-likeness (QED) is 0.261. The van der Waals surface area contributed by atoms with Crippen LogP contribution in [0.15, 0.2) is 36.5 Å². The van der Waals surface area contributed by atoms with Crippen LogP contribution in [0.3, 0.4) is 0 Å². The number of piperidine rings is 1. The molecule has 1 saturated carbocycles. The number of carbonyl (C=O) groups excluding carboxylic acids is 3. The molecule has 14 heteroatoms. The zero-order valence-corrected chi connectivity index (χ0v) is 24.2. The molecule has 11 nitrogen and oxygen atoms in total. The molecule has 2 atom stereocenters. The lowest BCUT2D eigenvalue weighted by atomic mass is 9.85. The Morgan fingerprint density at radius 1 is 1.09 bits per heavy atom. The lowest BCUT2D eigenvalue weighted by Gasteiger charge is -2.38. The van der Waals surface area contributed by atoms with Gasteiger partial charge in [0.2, 0.25) is 11.7 Å². The van der Waals surface area contributed by atoms with E-state index in [1.54, 1.807) is 0 Å². The third kappa shape index (κ3) is 6.33. The zero-order chi connectivity index (χ0) is 30.8. The lowest BCUT2D eigenvalue weighted by molar-refractivity contribution is -0.131. The van der Waals surface area contributed by atoms with E-state index in [0.717, 1.165) is 0 Å². The maximum Gasteiger partial charge on any atom is 0.291 e. The molecule has 0 bridgehead atoms. The summed E-state index contributed by atoms with van der Waals surface area (Å²) in [4.78, 5) is 42.3. The molecule has 2 heterocycles. The Balaban J connectivity index is 1.16. The number of aliphatic hydroxyl groups excluding tert-OH is 1. The smallest absolute Gasteiger partial charge is 0.291 e. The highest BCUT2D eigenvalue weighted by molar-refractivity contribution is 6.34. The fourth-order valence-electron chi connectivity index (χ4n) is 5.29. The number of anilines is 1. The van der Waals surface area contributed by atoms with Crippen molar-refractivity contribution in [2.24, 2.45) is 13.0 Å². The van der Waals surface area contributed by atoms with Gasteiger partial charge in [0.05, 0.1) is 41.6 Å². The van der Waals surface area contributed by atoms with Crippen molar-refractivity contribution < 1.29 is 33.0 Å². The molecule has 1 aromatic heterocycles. The average Bonchev–Trinajstić information content (AvgIpc) is 3.34. The summed E-state index contributed by atoms with van der Waals surface area (Å²) in [6, 6.07) is 6.79. The Morgan fingerprint density at radius 3 is 2.53 bits per heavy atom. The first-order valence-electron chi connectivity index (χ1n) is 13.7. The third-order valence-electron chi connectivity index (χ3n) is 7.81. The molecule has 3 aromatic rings. The van der Waals surface area contributed by atoms with Crippen molar-refractivity contribution >= 4 is 35.0 Å². The number of β-amino-alcohol motifs (C(OH)–C–C–N with tert-alkyl or cyclic N) is 1. The fraction of sp³-hybridized carbons (Fsp3) is 0.379. The summed E-state index contributed by atoms with van der Waals surface area (Å²) in [6.45, 7) is 1.07. The van der Waals surface area contributed by atoms with Crippen molar-refractivity contribution in [2.45, 2.75) is 37.5 Å². The molecule has 5 rings (SSSR count). The Bertz CT molecular complexity index is 1560. The van der Waals surface area contributed by atoms with Crippen LogP contribution in [0.25, 0.3) is 11.3 Å². The van der Waals surface area contributed by atoms with Gasteiger partial charge < -0.3 is 35.7 Å². The number of ether oxygens (including phenoxy) is 1. The van der Waals surface area contributed by atoms with Gasteiger partial charge in [-0.25, -0.2) is 9.37 Å². The number of halogens is 3. The number of nitrogens with zero attached hydrogens (tertiary/aromatic N) is 2. The van der Waals surface area contributed by atoms with Crippen LogP contribution in [-0.4, -0.2) is 70.8 Å². The van der Waals surface area contributed by atoms with E-state index in [2.05, 4.69) is 26.3 Å². The maximum absolute atomic E-state index is 14.6. The Labute approximate surface area is 251 Å². The highest BCUT2D eigenvalue weighted by atomic mass is 35.5. The molecule has 1 aliphatic heterocycles. The predicted octanol–water partition coefficient (Wildman–Crippen LogP) is 2.63. The van der Waals surface area contributed by atoms with Gasteiger partial charge in [-0.05, 0) is 56.1 Å².